The number of carbonyl (C=O) groups excluding carboxylic acids is 3. The number of ether oxygens (including phenoxy) is 1. The van der Waals surface area contributed by atoms with E-state index in [1.165, 1.54) is 4.90 Å². The number of benzene rings is 2. The summed E-state index contributed by atoms with van der Waals surface area (Å²) in [6.45, 7) is 5.52. The van der Waals surface area contributed by atoms with Crippen molar-refractivity contribution in [2.75, 3.05) is 57.7 Å². The first-order valence-electron chi connectivity index (χ1n) is 16.4. The summed E-state index contributed by atoms with van der Waals surface area (Å²) in [4.78, 5) is 47.4. The van der Waals surface area contributed by atoms with Gasteiger partial charge in [-0.05, 0) is 55.0 Å². The van der Waals surface area contributed by atoms with Gasteiger partial charge in [-0.15, -0.1) is 0 Å². The van der Waals surface area contributed by atoms with Crippen molar-refractivity contribution < 1.29 is 37.4 Å². The molecule has 0 unspecified atom stereocenters. The summed E-state index contributed by atoms with van der Waals surface area (Å²) in [6, 6.07) is 9.48. The second-order valence-electron chi connectivity index (χ2n) is 12.8. The lowest BCUT2D eigenvalue weighted by atomic mass is 9.99. The van der Waals surface area contributed by atoms with E-state index in [0.717, 1.165) is 62.4 Å². The number of rotatable bonds is 6. The molecule has 2 aromatic carbocycles. The van der Waals surface area contributed by atoms with Crippen molar-refractivity contribution >= 4 is 35.3 Å². The highest BCUT2D eigenvalue weighted by Gasteiger charge is 2.39. The summed E-state index contributed by atoms with van der Waals surface area (Å²) in [6.07, 6.45) is -4.95. The van der Waals surface area contributed by atoms with Crippen molar-refractivity contribution in [2.45, 2.75) is 63.0 Å². The first kappa shape index (κ1) is 34.1. The second kappa shape index (κ2) is 14.4. The van der Waals surface area contributed by atoms with Crippen molar-refractivity contribution in [2.24, 2.45) is 0 Å². The van der Waals surface area contributed by atoms with E-state index in [4.69, 9.17) is 16.3 Å². The number of carbonyl (C=O) groups is 3. The molecule has 3 N–H and O–H groups in total. The number of anilines is 1. The summed E-state index contributed by atoms with van der Waals surface area (Å²) in [5.74, 6) is -1.59. The number of urea groups is 1. The standard InChI is InChI=1S/C33H40ClF3N6O5/c34-26-18-21(17-25(29(26)44)33(35,36)37)19-28(30(45)41-11-5-23(6-12-41)40-15-9-38-10-16-40)48-32(47)42-13-7-24(8-14-42)43-20-22-3-1-2-4-27(22)39-31(43)46/h1-4,17-18,23-24,28,38,44H,5-16,19-20H2,(H,39,46)/t28-/m1/s1. The van der Waals surface area contributed by atoms with Crippen LogP contribution in [0, 0.1) is 0 Å². The zero-order valence-corrected chi connectivity index (χ0v) is 27.2. The molecular formula is C33H40ClF3N6O5. The Labute approximate surface area is 281 Å². The van der Waals surface area contributed by atoms with Crippen LogP contribution in [0.3, 0.4) is 0 Å². The minimum absolute atomic E-state index is 0.00192. The van der Waals surface area contributed by atoms with Crippen molar-refractivity contribution in [3.8, 4) is 5.75 Å². The number of alkyl halides is 3. The molecule has 0 aliphatic carbocycles. The minimum Gasteiger partial charge on any atom is -0.506 e. The van der Waals surface area contributed by atoms with Gasteiger partial charge in [-0.25, -0.2) is 9.59 Å². The Kier molecular flexibility index (Phi) is 10.2. The average Bonchev–Trinajstić information content (AvgIpc) is 3.09. The van der Waals surface area contributed by atoms with E-state index in [2.05, 4.69) is 15.5 Å². The molecule has 0 bridgehead atoms. The topological polar surface area (TPSA) is 118 Å². The summed E-state index contributed by atoms with van der Waals surface area (Å²) < 4.78 is 46.8. The van der Waals surface area contributed by atoms with Gasteiger partial charge in [0, 0.05) is 83.1 Å². The zero-order chi connectivity index (χ0) is 34.0. The van der Waals surface area contributed by atoms with E-state index in [9.17, 15) is 32.7 Å². The number of aromatic hydroxyl groups is 1. The van der Waals surface area contributed by atoms with E-state index in [1.807, 2.05) is 24.3 Å². The second-order valence-corrected chi connectivity index (χ2v) is 13.2. The molecule has 4 aliphatic heterocycles. The molecule has 48 heavy (non-hydrogen) atoms. The number of hydrogen-bond donors (Lipinski definition) is 3. The Morgan fingerprint density at radius 2 is 1.60 bits per heavy atom. The van der Waals surface area contributed by atoms with Gasteiger partial charge in [0.15, 0.2) is 6.10 Å². The smallest absolute Gasteiger partial charge is 0.420 e. The SMILES string of the molecule is O=C(O[C@H](Cc1cc(Cl)c(O)c(C(F)(F)F)c1)C(=O)N1CCC(N2CCNCC2)CC1)N1CCC(N2Cc3ccccc3NC2=O)CC1. The third-order valence-electron chi connectivity index (χ3n) is 9.84. The normalized spacial score (nSPS) is 20.7. The van der Waals surface area contributed by atoms with Crippen LogP contribution in [-0.4, -0.2) is 113 Å². The van der Waals surface area contributed by atoms with Crippen LogP contribution < -0.4 is 10.6 Å². The molecule has 0 aromatic heterocycles. The molecule has 6 rings (SSSR count). The number of phenolic OH excluding ortho intramolecular Hbond substituents is 1. The molecule has 1 atom stereocenters. The van der Waals surface area contributed by atoms with Crippen LogP contribution in [0.5, 0.6) is 5.75 Å². The third-order valence-corrected chi connectivity index (χ3v) is 10.1. The van der Waals surface area contributed by atoms with E-state index in [1.54, 1.807) is 9.80 Å². The van der Waals surface area contributed by atoms with E-state index < -0.39 is 40.6 Å². The number of nitrogens with zero attached hydrogens (tertiary/aromatic N) is 4. The van der Waals surface area contributed by atoms with Gasteiger partial charge in [-0.2, -0.15) is 13.2 Å². The van der Waals surface area contributed by atoms with Crippen LogP contribution in [0.15, 0.2) is 36.4 Å². The Bertz CT molecular complexity index is 1510. The summed E-state index contributed by atoms with van der Waals surface area (Å²) in [5.41, 5.74) is 0.453. The number of amides is 4. The fraction of sp³-hybridized carbons (Fsp3) is 0.545. The van der Waals surface area contributed by atoms with Gasteiger partial charge in [0.05, 0.1) is 10.6 Å². The zero-order valence-electron chi connectivity index (χ0n) is 26.5. The number of para-hydroxylation sites is 1. The van der Waals surface area contributed by atoms with Gasteiger partial charge in [0.2, 0.25) is 0 Å². The summed E-state index contributed by atoms with van der Waals surface area (Å²) >= 11 is 5.97. The highest BCUT2D eigenvalue weighted by Crippen LogP contribution is 2.40. The number of piperidine rings is 2. The first-order valence-corrected chi connectivity index (χ1v) is 16.8. The van der Waals surface area contributed by atoms with Crippen LogP contribution in [-0.2, 0) is 28.7 Å². The Morgan fingerprint density at radius 3 is 2.29 bits per heavy atom. The fourth-order valence-electron chi connectivity index (χ4n) is 7.16. The molecule has 4 aliphatic rings. The molecule has 0 spiro atoms. The Hall–Kier alpha value is -3.75. The Balaban J connectivity index is 1.13. The quantitative estimate of drug-likeness (QED) is 0.408. The largest absolute Gasteiger partial charge is 0.506 e. The molecule has 11 nitrogen and oxygen atoms in total. The third kappa shape index (κ3) is 7.60. The molecule has 3 saturated heterocycles. The van der Waals surface area contributed by atoms with Crippen molar-refractivity contribution in [1.82, 2.24) is 24.9 Å². The average molecular weight is 693 g/mol. The van der Waals surface area contributed by atoms with Crippen molar-refractivity contribution in [1.29, 1.82) is 0 Å². The van der Waals surface area contributed by atoms with E-state index in [0.29, 0.717) is 38.5 Å². The van der Waals surface area contributed by atoms with Crippen LogP contribution in [0.25, 0.3) is 0 Å². The molecule has 3 fully saturated rings. The lowest BCUT2D eigenvalue weighted by molar-refractivity contribution is -0.142. The Morgan fingerprint density at radius 1 is 0.958 bits per heavy atom. The molecule has 260 valence electrons. The van der Waals surface area contributed by atoms with Gasteiger partial charge in [0.1, 0.15) is 5.75 Å². The lowest BCUT2D eigenvalue weighted by Crippen LogP contribution is -2.54. The maximum Gasteiger partial charge on any atom is 0.420 e. The monoisotopic (exact) mass is 692 g/mol. The molecule has 4 heterocycles. The minimum atomic E-state index is -4.89. The summed E-state index contributed by atoms with van der Waals surface area (Å²) in [7, 11) is 0. The number of hydrogen-bond acceptors (Lipinski definition) is 7. The van der Waals surface area contributed by atoms with Crippen molar-refractivity contribution in [3.63, 3.8) is 0 Å². The van der Waals surface area contributed by atoms with E-state index in [-0.39, 0.29) is 37.1 Å². The number of nitrogens with one attached hydrogen (secondary N) is 2. The van der Waals surface area contributed by atoms with Gasteiger partial charge in [-0.3, -0.25) is 9.69 Å². The molecular weight excluding hydrogens is 653 g/mol. The summed E-state index contributed by atoms with van der Waals surface area (Å²) in [5, 5.41) is 15.7. The fourth-order valence-corrected chi connectivity index (χ4v) is 7.40. The number of phenols is 1. The highest BCUT2D eigenvalue weighted by molar-refractivity contribution is 6.32. The van der Waals surface area contributed by atoms with Crippen LogP contribution in [0.2, 0.25) is 5.02 Å². The number of fused-ring (bicyclic) bond motifs is 1. The molecule has 2 aromatic rings. The van der Waals surface area contributed by atoms with Gasteiger partial charge < -0.3 is 35.2 Å². The highest BCUT2D eigenvalue weighted by atomic mass is 35.5. The van der Waals surface area contributed by atoms with E-state index >= 15 is 0 Å². The lowest BCUT2D eigenvalue weighted by Gasteiger charge is -2.41. The number of piperazine rings is 1. The molecule has 15 heteroatoms. The van der Waals surface area contributed by atoms with Crippen LogP contribution in [0.1, 0.15) is 42.4 Å². The molecule has 0 radical (unpaired) electrons. The molecule has 0 saturated carbocycles. The maximum absolute atomic E-state index is 13.9. The van der Waals surface area contributed by atoms with Crippen LogP contribution >= 0.6 is 11.6 Å². The molecule has 4 amide bonds. The predicted molar refractivity (Wildman–Crippen MR) is 172 cm³/mol. The van der Waals surface area contributed by atoms with Crippen molar-refractivity contribution in [3.05, 3.63) is 58.1 Å². The van der Waals surface area contributed by atoms with Gasteiger partial charge >= 0.3 is 18.3 Å². The maximum atomic E-state index is 13.9. The van der Waals surface area contributed by atoms with Gasteiger partial charge in [0.25, 0.3) is 5.91 Å². The van der Waals surface area contributed by atoms with Crippen LogP contribution in [0.4, 0.5) is 28.4 Å². The predicted octanol–water partition coefficient (Wildman–Crippen LogP) is 4.52. The van der Waals surface area contributed by atoms with Gasteiger partial charge in [-0.1, -0.05) is 29.8 Å². The number of halogens is 4. The first-order chi connectivity index (χ1) is 23.0. The number of likely N-dealkylation sites (tertiary alicyclic amines) is 2.